The number of aromatic amines is 1. The molecule has 4 rings (SSSR count). The van der Waals surface area contributed by atoms with Gasteiger partial charge < -0.3 is 0 Å². The Bertz CT molecular complexity index is 1220. The molecule has 0 radical (unpaired) electrons. The van der Waals surface area contributed by atoms with Gasteiger partial charge in [-0.3, -0.25) is 9.78 Å². The summed E-state index contributed by atoms with van der Waals surface area (Å²) in [6.45, 7) is 0. The second kappa shape index (κ2) is 9.06. The van der Waals surface area contributed by atoms with Crippen LogP contribution in [0.2, 0.25) is 0 Å². The van der Waals surface area contributed by atoms with Crippen LogP contribution in [-0.4, -0.2) is 22.1 Å². The van der Waals surface area contributed by atoms with Crippen LogP contribution in [0.5, 0.6) is 0 Å². The van der Waals surface area contributed by atoms with E-state index in [9.17, 15) is 9.59 Å². The van der Waals surface area contributed by atoms with Crippen LogP contribution in [0.3, 0.4) is 0 Å². The zero-order valence-corrected chi connectivity index (χ0v) is 16.7. The summed E-state index contributed by atoms with van der Waals surface area (Å²) in [5.74, 6) is 0.245. The molecule has 0 aliphatic carbocycles. The molecule has 0 aliphatic rings. The van der Waals surface area contributed by atoms with E-state index in [1.54, 1.807) is 12.1 Å². The van der Waals surface area contributed by atoms with Gasteiger partial charge in [0, 0.05) is 18.0 Å². The third-order valence-corrected chi connectivity index (χ3v) is 5.16. The Labute approximate surface area is 176 Å². The first-order valence-electron chi connectivity index (χ1n) is 9.20. The van der Waals surface area contributed by atoms with Crippen molar-refractivity contribution < 1.29 is 9.36 Å². The average Bonchev–Trinajstić information content (AvgIpc) is 3.16. The van der Waals surface area contributed by atoms with Crippen LogP contribution >= 0.6 is 11.3 Å². The van der Waals surface area contributed by atoms with Crippen molar-refractivity contribution in [2.24, 2.45) is 5.10 Å². The van der Waals surface area contributed by atoms with Gasteiger partial charge in [0.15, 0.2) is 0 Å². The van der Waals surface area contributed by atoms with E-state index in [2.05, 4.69) is 32.6 Å². The first-order chi connectivity index (χ1) is 14.7. The second-order valence-electron chi connectivity index (χ2n) is 6.44. The summed E-state index contributed by atoms with van der Waals surface area (Å²) in [7, 11) is 0. The molecule has 0 saturated carbocycles. The quantitative estimate of drug-likeness (QED) is 0.287. The lowest BCUT2D eigenvalue weighted by atomic mass is 10.1. The number of benzene rings is 1. The van der Waals surface area contributed by atoms with Gasteiger partial charge in [0.05, 0.1) is 18.6 Å². The minimum atomic E-state index is -0.351. The highest BCUT2D eigenvalue weighted by Gasteiger charge is 2.16. The monoisotopic (exact) mass is 416 g/mol. The topological polar surface area (TPSA) is 91.1 Å². The maximum absolute atomic E-state index is 12.1. The van der Waals surface area contributed by atoms with Gasteiger partial charge in [0.2, 0.25) is 0 Å². The van der Waals surface area contributed by atoms with Crippen LogP contribution in [0.25, 0.3) is 5.82 Å². The van der Waals surface area contributed by atoms with Crippen molar-refractivity contribution >= 4 is 23.5 Å². The predicted molar refractivity (Wildman–Crippen MR) is 115 cm³/mol. The summed E-state index contributed by atoms with van der Waals surface area (Å²) in [5, 5.41) is 3.98. The number of hydrazone groups is 1. The van der Waals surface area contributed by atoms with Gasteiger partial charge in [-0.05, 0) is 53.1 Å². The fourth-order valence-electron chi connectivity index (χ4n) is 2.88. The second-order valence-corrected chi connectivity index (χ2v) is 7.45. The molecule has 0 unspecified atom stereocenters. The smallest absolute Gasteiger partial charge is 0.267 e. The molecule has 2 N–H and O–H groups in total. The largest absolute Gasteiger partial charge is 0.390 e. The summed E-state index contributed by atoms with van der Waals surface area (Å²) >= 11 is 1.02. The standard InChI is InChI=1S/C22H17N5O2S/c28-21(18-6-10-23-11-7-18)26-24-15-19-20(25-22(29)30-19)27-12-8-17(9-13-27)14-16-4-2-1-3-5-16/h1-13,15H,14H2,(H-,23,24,25,26,28,29)/p+1. The number of hydrogen-bond donors (Lipinski definition) is 2. The molecule has 3 heterocycles. The maximum Gasteiger partial charge on any atom is 0.390 e. The molecule has 0 fully saturated rings. The number of hydrogen-bond acceptors (Lipinski definition) is 5. The Morgan fingerprint density at radius 3 is 2.50 bits per heavy atom. The van der Waals surface area contributed by atoms with E-state index in [-0.39, 0.29) is 10.8 Å². The van der Waals surface area contributed by atoms with E-state index in [4.69, 9.17) is 0 Å². The van der Waals surface area contributed by atoms with Crippen molar-refractivity contribution in [3.8, 4) is 5.82 Å². The van der Waals surface area contributed by atoms with Crippen molar-refractivity contribution in [1.29, 1.82) is 0 Å². The van der Waals surface area contributed by atoms with Gasteiger partial charge in [0.1, 0.15) is 4.88 Å². The Morgan fingerprint density at radius 1 is 1.07 bits per heavy atom. The van der Waals surface area contributed by atoms with Crippen molar-refractivity contribution in [3.63, 3.8) is 0 Å². The molecule has 148 valence electrons. The van der Waals surface area contributed by atoms with Crippen molar-refractivity contribution in [2.45, 2.75) is 6.42 Å². The van der Waals surface area contributed by atoms with Gasteiger partial charge in [-0.15, -0.1) is 0 Å². The number of nitrogens with one attached hydrogen (secondary N) is 2. The normalized spacial score (nSPS) is 10.9. The Balaban J connectivity index is 1.49. The average molecular weight is 416 g/mol. The summed E-state index contributed by atoms with van der Waals surface area (Å²) in [5.41, 5.74) is 5.30. The molecule has 0 bridgehead atoms. The van der Waals surface area contributed by atoms with E-state index in [0.29, 0.717) is 16.3 Å². The van der Waals surface area contributed by atoms with E-state index in [0.717, 1.165) is 23.3 Å². The van der Waals surface area contributed by atoms with Crippen LogP contribution in [-0.2, 0) is 6.42 Å². The minimum Gasteiger partial charge on any atom is -0.267 e. The zero-order chi connectivity index (χ0) is 20.8. The molecule has 8 heteroatoms. The molecule has 7 nitrogen and oxygen atoms in total. The molecule has 30 heavy (non-hydrogen) atoms. The molecule has 0 atom stereocenters. The number of thiazole rings is 1. The van der Waals surface area contributed by atoms with Crippen molar-refractivity contribution in [2.75, 3.05) is 0 Å². The first kappa shape index (κ1) is 19.4. The summed E-state index contributed by atoms with van der Waals surface area (Å²) in [6.07, 6.45) is 9.14. The third kappa shape index (κ3) is 4.73. The van der Waals surface area contributed by atoms with E-state index < -0.39 is 0 Å². The van der Waals surface area contributed by atoms with Gasteiger partial charge in [-0.25, -0.2) is 14.8 Å². The summed E-state index contributed by atoms with van der Waals surface area (Å²) < 4.78 is 1.82. The minimum absolute atomic E-state index is 0.201. The van der Waals surface area contributed by atoms with Crippen LogP contribution in [0.1, 0.15) is 26.4 Å². The lowest BCUT2D eigenvalue weighted by Gasteiger charge is -2.02. The predicted octanol–water partition coefficient (Wildman–Crippen LogP) is 2.46. The summed E-state index contributed by atoms with van der Waals surface area (Å²) in [4.78, 5) is 31.1. The molecule has 3 aromatic heterocycles. The third-order valence-electron chi connectivity index (χ3n) is 4.35. The Hall–Kier alpha value is -3.91. The molecular formula is C22H18N5O2S+. The highest BCUT2D eigenvalue weighted by Crippen LogP contribution is 2.10. The number of carbonyl (C=O) groups excluding carboxylic acids is 1. The lowest BCUT2D eigenvalue weighted by Crippen LogP contribution is -2.32. The fourth-order valence-corrected chi connectivity index (χ4v) is 3.59. The van der Waals surface area contributed by atoms with E-state index in [1.807, 2.05) is 47.3 Å². The molecule has 1 aromatic carbocycles. The lowest BCUT2D eigenvalue weighted by molar-refractivity contribution is -0.599. The van der Waals surface area contributed by atoms with Gasteiger partial charge in [-0.1, -0.05) is 30.3 Å². The number of nitrogens with zero attached hydrogens (tertiary/aromatic N) is 3. The number of carbonyl (C=O) groups is 1. The van der Waals surface area contributed by atoms with Crippen LogP contribution < -0.4 is 14.9 Å². The van der Waals surface area contributed by atoms with Crippen LogP contribution in [0.4, 0.5) is 0 Å². The highest BCUT2D eigenvalue weighted by molar-refractivity contribution is 7.11. The van der Waals surface area contributed by atoms with Gasteiger partial charge in [0.25, 0.3) is 5.91 Å². The molecule has 0 aliphatic heterocycles. The van der Waals surface area contributed by atoms with E-state index >= 15 is 0 Å². The molecule has 1 amide bonds. The van der Waals surface area contributed by atoms with Crippen molar-refractivity contribution in [3.05, 3.63) is 111 Å². The Morgan fingerprint density at radius 2 is 1.77 bits per heavy atom. The number of aromatic nitrogens is 3. The summed E-state index contributed by atoms with van der Waals surface area (Å²) in [6, 6.07) is 17.4. The van der Waals surface area contributed by atoms with Crippen LogP contribution in [0, 0.1) is 0 Å². The number of amides is 1. The molecular weight excluding hydrogens is 398 g/mol. The maximum atomic E-state index is 12.1. The number of H-pyrrole nitrogens is 1. The van der Waals surface area contributed by atoms with E-state index in [1.165, 1.54) is 24.2 Å². The molecule has 4 aromatic rings. The SMILES string of the molecule is O=C(NN=Cc1sc(=O)[nH]c1-[n+]1ccc(Cc2ccccc2)cc1)c1ccncc1. The molecule has 0 saturated heterocycles. The highest BCUT2D eigenvalue weighted by atomic mass is 32.1. The van der Waals surface area contributed by atoms with Crippen LogP contribution in [0.15, 0.2) is 89.3 Å². The fraction of sp³-hybridized carbons (Fsp3) is 0.0455. The van der Waals surface area contributed by atoms with Gasteiger partial charge in [-0.2, -0.15) is 10.1 Å². The number of pyridine rings is 2. The Kier molecular flexibility index (Phi) is 5.86. The first-order valence-corrected chi connectivity index (χ1v) is 10.0. The van der Waals surface area contributed by atoms with Gasteiger partial charge >= 0.3 is 10.7 Å². The molecule has 0 spiro atoms. The van der Waals surface area contributed by atoms with Crippen molar-refractivity contribution in [1.82, 2.24) is 15.4 Å². The number of rotatable bonds is 6. The zero-order valence-electron chi connectivity index (χ0n) is 15.9.